The van der Waals surface area contributed by atoms with Crippen LogP contribution < -0.4 is 10.1 Å². The van der Waals surface area contributed by atoms with E-state index < -0.39 is 29.2 Å². The zero-order chi connectivity index (χ0) is 14.2. The number of nitrogens with one attached hydrogen (secondary N) is 1. The maximum absolute atomic E-state index is 14.2. The summed E-state index contributed by atoms with van der Waals surface area (Å²) in [5, 5.41) is 2.46. The Morgan fingerprint density at radius 2 is 2.11 bits per heavy atom. The van der Waals surface area contributed by atoms with Crippen LogP contribution in [0.25, 0.3) is 0 Å². The number of cyclic esters (lactones) is 1. The minimum atomic E-state index is -0.816. The first-order valence-corrected chi connectivity index (χ1v) is 5.82. The number of hydrogen-bond acceptors (Lipinski definition) is 3. The van der Waals surface area contributed by atoms with Gasteiger partial charge in [0.05, 0.1) is 18.7 Å². The minimum absolute atomic E-state index is 0.0621. The topological polar surface area (TPSA) is 47.6 Å². The van der Waals surface area contributed by atoms with E-state index >= 15 is 0 Å². The van der Waals surface area contributed by atoms with Crippen LogP contribution in [0, 0.1) is 17.0 Å². The number of carbonyl (C=O) groups excluding carboxylic acids is 1. The van der Waals surface area contributed by atoms with Gasteiger partial charge in [0, 0.05) is 5.41 Å². The van der Waals surface area contributed by atoms with Crippen LogP contribution in [0.15, 0.2) is 12.1 Å². The first-order chi connectivity index (χ1) is 8.86. The predicted molar refractivity (Wildman–Crippen MR) is 63.9 cm³/mol. The van der Waals surface area contributed by atoms with Crippen molar-refractivity contribution in [2.75, 3.05) is 13.7 Å². The van der Waals surface area contributed by atoms with Gasteiger partial charge in [-0.05, 0) is 12.1 Å². The zero-order valence-corrected chi connectivity index (χ0v) is 10.9. The Labute approximate surface area is 109 Å². The van der Waals surface area contributed by atoms with Gasteiger partial charge < -0.3 is 14.8 Å². The van der Waals surface area contributed by atoms with Gasteiger partial charge in [-0.3, -0.25) is 0 Å². The van der Waals surface area contributed by atoms with Crippen LogP contribution in [0.2, 0.25) is 0 Å². The van der Waals surface area contributed by atoms with Gasteiger partial charge in [-0.15, -0.1) is 0 Å². The summed E-state index contributed by atoms with van der Waals surface area (Å²) in [6, 6.07) is 1.51. The number of rotatable bonds is 2. The molecule has 2 rings (SSSR count). The molecule has 1 atom stereocenters. The highest BCUT2D eigenvalue weighted by Gasteiger charge is 2.41. The maximum atomic E-state index is 14.2. The number of amides is 1. The maximum Gasteiger partial charge on any atom is 0.407 e. The smallest absolute Gasteiger partial charge is 0.407 e. The van der Waals surface area contributed by atoms with Gasteiger partial charge in [-0.2, -0.15) is 0 Å². The summed E-state index contributed by atoms with van der Waals surface area (Å²) in [7, 11) is 1.30. The average Bonchev–Trinajstić information content (AvgIpc) is 2.34. The molecule has 1 N–H and O–H groups in total. The fourth-order valence-corrected chi connectivity index (χ4v) is 2.12. The van der Waals surface area contributed by atoms with Crippen LogP contribution in [0.3, 0.4) is 0 Å². The lowest BCUT2D eigenvalue weighted by molar-refractivity contribution is 0.0366. The molecule has 0 aliphatic carbocycles. The standard InChI is InChI=1S/C13H15F2NO3/c1-13(2)6-19-12(17)16-11(13)9-7(14)4-5-8(18-3)10(9)15/h4-5,11H,6H2,1-3H3,(H,16,17)/t11-/m0/s1. The van der Waals surface area contributed by atoms with Gasteiger partial charge in [-0.1, -0.05) is 13.8 Å². The molecule has 104 valence electrons. The quantitative estimate of drug-likeness (QED) is 0.899. The van der Waals surface area contributed by atoms with E-state index in [1.165, 1.54) is 13.2 Å². The molecule has 1 heterocycles. The Morgan fingerprint density at radius 3 is 2.74 bits per heavy atom. The molecular weight excluding hydrogens is 256 g/mol. The molecule has 6 heteroatoms. The number of benzene rings is 1. The molecule has 4 nitrogen and oxygen atoms in total. The number of ether oxygens (including phenoxy) is 2. The third kappa shape index (κ3) is 2.34. The van der Waals surface area contributed by atoms with Crippen molar-refractivity contribution in [1.82, 2.24) is 5.32 Å². The van der Waals surface area contributed by atoms with Crippen molar-refractivity contribution < 1.29 is 23.0 Å². The van der Waals surface area contributed by atoms with Gasteiger partial charge in [0.1, 0.15) is 12.4 Å². The summed E-state index contributed by atoms with van der Waals surface area (Å²) >= 11 is 0. The van der Waals surface area contributed by atoms with Crippen molar-refractivity contribution in [3.8, 4) is 5.75 Å². The molecule has 0 bridgehead atoms. The Balaban J connectivity index is 2.53. The number of methoxy groups -OCH3 is 1. The van der Waals surface area contributed by atoms with Crippen molar-refractivity contribution in [2.24, 2.45) is 5.41 Å². The summed E-state index contributed by atoms with van der Waals surface area (Å²) in [6.45, 7) is 3.60. The molecule has 1 saturated heterocycles. The third-order valence-electron chi connectivity index (χ3n) is 3.22. The number of alkyl carbamates (subject to hydrolysis) is 1. The first-order valence-electron chi connectivity index (χ1n) is 5.82. The van der Waals surface area contributed by atoms with Crippen LogP contribution in [0.1, 0.15) is 25.5 Å². The average molecular weight is 271 g/mol. The highest BCUT2D eigenvalue weighted by Crippen LogP contribution is 2.40. The highest BCUT2D eigenvalue weighted by molar-refractivity contribution is 5.69. The van der Waals surface area contributed by atoms with Crippen molar-refractivity contribution in [2.45, 2.75) is 19.9 Å². The van der Waals surface area contributed by atoms with Crippen LogP contribution >= 0.6 is 0 Å². The van der Waals surface area contributed by atoms with Crippen molar-refractivity contribution >= 4 is 6.09 Å². The van der Waals surface area contributed by atoms with E-state index in [4.69, 9.17) is 9.47 Å². The first kappa shape index (κ1) is 13.6. The molecule has 0 aromatic heterocycles. The van der Waals surface area contributed by atoms with E-state index in [0.29, 0.717) is 0 Å². The largest absolute Gasteiger partial charge is 0.494 e. The SMILES string of the molecule is COc1ccc(F)c([C@@H]2NC(=O)OCC2(C)C)c1F. The second kappa shape index (κ2) is 4.68. The van der Waals surface area contributed by atoms with E-state index in [2.05, 4.69) is 5.32 Å². The molecule has 0 radical (unpaired) electrons. The fraction of sp³-hybridized carbons (Fsp3) is 0.462. The second-order valence-electron chi connectivity index (χ2n) is 5.12. The summed E-state index contributed by atoms with van der Waals surface area (Å²) < 4.78 is 37.9. The lowest BCUT2D eigenvalue weighted by atomic mass is 9.80. The van der Waals surface area contributed by atoms with E-state index in [9.17, 15) is 13.6 Å². The van der Waals surface area contributed by atoms with Crippen LogP contribution in [-0.2, 0) is 4.74 Å². The monoisotopic (exact) mass is 271 g/mol. The van der Waals surface area contributed by atoms with E-state index in [1.807, 2.05) is 0 Å². The minimum Gasteiger partial charge on any atom is -0.494 e. The van der Waals surface area contributed by atoms with Crippen LogP contribution in [0.4, 0.5) is 13.6 Å². The molecule has 1 aliphatic rings. The predicted octanol–water partition coefficient (Wildman–Crippen LogP) is 2.78. The third-order valence-corrected chi connectivity index (χ3v) is 3.22. The van der Waals surface area contributed by atoms with Crippen LogP contribution in [0.5, 0.6) is 5.75 Å². The Hall–Kier alpha value is -1.85. The summed E-state index contributed by atoms with van der Waals surface area (Å²) in [5.74, 6) is -1.59. The van der Waals surface area contributed by atoms with Crippen LogP contribution in [-0.4, -0.2) is 19.8 Å². The van der Waals surface area contributed by atoms with Crippen molar-refractivity contribution in [1.29, 1.82) is 0 Å². The molecule has 0 saturated carbocycles. The second-order valence-corrected chi connectivity index (χ2v) is 5.12. The zero-order valence-electron chi connectivity index (χ0n) is 10.9. The van der Waals surface area contributed by atoms with Gasteiger partial charge in [0.25, 0.3) is 0 Å². The molecular formula is C13H15F2NO3. The number of carbonyl (C=O) groups is 1. The fourth-order valence-electron chi connectivity index (χ4n) is 2.12. The summed E-state index contributed by atoms with van der Waals surface area (Å²) in [5.41, 5.74) is -0.844. The molecule has 1 amide bonds. The Bertz CT molecular complexity index is 517. The lowest BCUT2D eigenvalue weighted by Crippen LogP contribution is -2.47. The lowest BCUT2D eigenvalue weighted by Gasteiger charge is -2.38. The Kier molecular flexibility index (Phi) is 3.34. The van der Waals surface area contributed by atoms with E-state index in [-0.39, 0.29) is 17.9 Å². The molecule has 19 heavy (non-hydrogen) atoms. The normalized spacial score (nSPS) is 21.5. The molecule has 1 fully saturated rings. The molecule has 0 unspecified atom stereocenters. The Morgan fingerprint density at radius 1 is 1.42 bits per heavy atom. The number of hydrogen-bond donors (Lipinski definition) is 1. The molecule has 1 aromatic carbocycles. The highest BCUT2D eigenvalue weighted by atomic mass is 19.1. The van der Waals surface area contributed by atoms with Gasteiger partial charge >= 0.3 is 6.09 Å². The summed E-state index contributed by atoms with van der Waals surface area (Å²) in [6.07, 6.45) is -0.689. The van der Waals surface area contributed by atoms with Crippen molar-refractivity contribution in [3.63, 3.8) is 0 Å². The number of halogens is 2. The van der Waals surface area contributed by atoms with Gasteiger partial charge in [0.2, 0.25) is 0 Å². The van der Waals surface area contributed by atoms with E-state index in [1.54, 1.807) is 13.8 Å². The molecule has 1 aromatic rings. The molecule has 1 aliphatic heterocycles. The van der Waals surface area contributed by atoms with Gasteiger partial charge in [-0.25, -0.2) is 13.6 Å². The van der Waals surface area contributed by atoms with Gasteiger partial charge in [0.15, 0.2) is 11.6 Å². The summed E-state index contributed by atoms with van der Waals surface area (Å²) in [4.78, 5) is 11.3. The van der Waals surface area contributed by atoms with Crippen molar-refractivity contribution in [3.05, 3.63) is 29.3 Å². The molecule has 0 spiro atoms. The van der Waals surface area contributed by atoms with E-state index in [0.717, 1.165) is 6.07 Å².